The van der Waals surface area contributed by atoms with Crippen LogP contribution in [0.5, 0.6) is 0 Å². The van der Waals surface area contributed by atoms with E-state index in [9.17, 15) is 14.0 Å². The summed E-state index contributed by atoms with van der Waals surface area (Å²) < 4.78 is 19.5. The zero-order valence-corrected chi connectivity index (χ0v) is 13.2. The standard InChI is InChI=1S/C20H14FNO3/c1-2-10-22-17(12-6-5-7-13(21)11-12)16-18(23)14-8-3-4-9-15(14)25-19(16)20(22)24/h2-9,11,17H,1,10H2. The number of carbonyl (C=O) groups excluding carboxylic acids is 1. The minimum Gasteiger partial charge on any atom is -0.450 e. The highest BCUT2D eigenvalue weighted by Crippen LogP contribution is 2.38. The van der Waals surface area contributed by atoms with Crippen LogP contribution >= 0.6 is 0 Å². The third-order valence-electron chi connectivity index (χ3n) is 4.36. The molecule has 2 aromatic carbocycles. The van der Waals surface area contributed by atoms with Crippen molar-refractivity contribution in [2.24, 2.45) is 0 Å². The number of hydrogen-bond acceptors (Lipinski definition) is 3. The Morgan fingerprint density at radius 1 is 1.16 bits per heavy atom. The second kappa shape index (κ2) is 5.70. The molecule has 2 heterocycles. The van der Waals surface area contributed by atoms with Crippen LogP contribution in [-0.2, 0) is 0 Å². The summed E-state index contributed by atoms with van der Waals surface area (Å²) in [6, 6.07) is 12.0. The van der Waals surface area contributed by atoms with E-state index < -0.39 is 17.8 Å². The lowest BCUT2D eigenvalue weighted by molar-refractivity contribution is 0.0748. The lowest BCUT2D eigenvalue weighted by Gasteiger charge is -2.23. The molecule has 5 heteroatoms. The number of nitrogens with zero attached hydrogens (tertiary/aromatic N) is 1. The summed E-state index contributed by atoms with van der Waals surface area (Å²) in [6.45, 7) is 3.89. The molecule has 0 saturated carbocycles. The van der Waals surface area contributed by atoms with E-state index in [0.717, 1.165) is 0 Å². The van der Waals surface area contributed by atoms with Crippen LogP contribution in [0.25, 0.3) is 11.0 Å². The first kappa shape index (κ1) is 15.3. The molecular weight excluding hydrogens is 321 g/mol. The average Bonchev–Trinajstić information content (AvgIpc) is 2.89. The molecule has 124 valence electrons. The summed E-state index contributed by atoms with van der Waals surface area (Å²) in [4.78, 5) is 27.3. The molecule has 1 atom stereocenters. The van der Waals surface area contributed by atoms with Crippen LogP contribution in [0.1, 0.15) is 27.7 Å². The van der Waals surface area contributed by atoms with Crippen molar-refractivity contribution in [3.05, 3.63) is 94.1 Å². The summed E-state index contributed by atoms with van der Waals surface area (Å²) in [6.07, 6.45) is 1.57. The number of para-hydroxylation sites is 1. The number of amides is 1. The molecule has 1 aliphatic rings. The van der Waals surface area contributed by atoms with Gasteiger partial charge in [-0.2, -0.15) is 0 Å². The lowest BCUT2D eigenvalue weighted by Crippen LogP contribution is -2.29. The van der Waals surface area contributed by atoms with Crippen molar-refractivity contribution in [1.82, 2.24) is 4.90 Å². The second-order valence-electron chi connectivity index (χ2n) is 5.87. The third-order valence-corrected chi connectivity index (χ3v) is 4.36. The van der Waals surface area contributed by atoms with Gasteiger partial charge < -0.3 is 9.32 Å². The van der Waals surface area contributed by atoms with Gasteiger partial charge in [-0.15, -0.1) is 6.58 Å². The average molecular weight is 335 g/mol. The smallest absolute Gasteiger partial charge is 0.291 e. The molecule has 1 unspecified atom stereocenters. The first-order valence-corrected chi connectivity index (χ1v) is 7.85. The molecule has 0 spiro atoms. The number of hydrogen-bond donors (Lipinski definition) is 0. The topological polar surface area (TPSA) is 50.5 Å². The fourth-order valence-corrected chi connectivity index (χ4v) is 3.32. The molecule has 1 aliphatic heterocycles. The van der Waals surface area contributed by atoms with Crippen LogP contribution in [0.4, 0.5) is 4.39 Å². The van der Waals surface area contributed by atoms with Crippen molar-refractivity contribution in [2.75, 3.05) is 6.54 Å². The van der Waals surface area contributed by atoms with Crippen molar-refractivity contribution >= 4 is 16.9 Å². The van der Waals surface area contributed by atoms with Crippen LogP contribution in [0, 0.1) is 5.82 Å². The Balaban J connectivity index is 2.04. The molecule has 0 radical (unpaired) electrons. The van der Waals surface area contributed by atoms with E-state index in [4.69, 9.17) is 4.42 Å². The first-order chi connectivity index (χ1) is 12.1. The SMILES string of the molecule is C=CCN1C(=O)c2oc3ccccc3c(=O)c2C1c1cccc(F)c1. The highest BCUT2D eigenvalue weighted by atomic mass is 19.1. The van der Waals surface area contributed by atoms with Gasteiger partial charge in [0.05, 0.1) is 17.0 Å². The number of rotatable bonds is 3. The van der Waals surface area contributed by atoms with Crippen LogP contribution < -0.4 is 5.43 Å². The van der Waals surface area contributed by atoms with Crippen molar-refractivity contribution < 1.29 is 13.6 Å². The van der Waals surface area contributed by atoms with Crippen LogP contribution in [-0.4, -0.2) is 17.4 Å². The van der Waals surface area contributed by atoms with Gasteiger partial charge in [0.25, 0.3) is 5.91 Å². The Kier molecular flexibility index (Phi) is 3.50. The Hall–Kier alpha value is -3.21. The predicted octanol–water partition coefficient (Wildman–Crippen LogP) is 3.66. The van der Waals surface area contributed by atoms with E-state index in [2.05, 4.69) is 6.58 Å². The largest absolute Gasteiger partial charge is 0.450 e. The van der Waals surface area contributed by atoms with E-state index in [-0.39, 0.29) is 23.3 Å². The van der Waals surface area contributed by atoms with Gasteiger partial charge in [-0.1, -0.05) is 30.3 Å². The van der Waals surface area contributed by atoms with Crippen molar-refractivity contribution in [1.29, 1.82) is 0 Å². The Bertz CT molecular complexity index is 1070. The fraction of sp³-hybridized carbons (Fsp3) is 0.100. The van der Waals surface area contributed by atoms with Crippen LogP contribution in [0.15, 0.2) is 70.4 Å². The summed E-state index contributed by atoms with van der Waals surface area (Å²) >= 11 is 0. The predicted molar refractivity (Wildman–Crippen MR) is 92.0 cm³/mol. The van der Waals surface area contributed by atoms with E-state index >= 15 is 0 Å². The summed E-state index contributed by atoms with van der Waals surface area (Å²) in [5.41, 5.74) is 0.858. The molecule has 3 aromatic rings. The zero-order chi connectivity index (χ0) is 17.6. The number of benzene rings is 2. The molecule has 0 bridgehead atoms. The number of carbonyl (C=O) groups is 1. The lowest BCUT2D eigenvalue weighted by atomic mass is 9.98. The molecule has 4 nitrogen and oxygen atoms in total. The highest BCUT2D eigenvalue weighted by Gasteiger charge is 2.42. The molecule has 4 rings (SSSR count). The molecule has 1 amide bonds. The van der Waals surface area contributed by atoms with E-state index in [1.54, 1.807) is 42.5 Å². The quantitative estimate of drug-likeness (QED) is 0.686. The summed E-state index contributed by atoms with van der Waals surface area (Å²) in [7, 11) is 0. The Morgan fingerprint density at radius 2 is 1.96 bits per heavy atom. The second-order valence-corrected chi connectivity index (χ2v) is 5.87. The van der Waals surface area contributed by atoms with Crippen molar-refractivity contribution in [3.63, 3.8) is 0 Å². The minimum atomic E-state index is -0.697. The van der Waals surface area contributed by atoms with Crippen molar-refractivity contribution in [2.45, 2.75) is 6.04 Å². The van der Waals surface area contributed by atoms with E-state index in [1.807, 2.05) is 0 Å². The van der Waals surface area contributed by atoms with Gasteiger partial charge in [-0.25, -0.2) is 4.39 Å². The maximum Gasteiger partial charge on any atom is 0.291 e. The zero-order valence-electron chi connectivity index (χ0n) is 13.2. The van der Waals surface area contributed by atoms with Gasteiger partial charge >= 0.3 is 0 Å². The molecule has 0 fully saturated rings. The summed E-state index contributed by atoms with van der Waals surface area (Å²) in [5, 5.41) is 0.399. The van der Waals surface area contributed by atoms with Crippen molar-refractivity contribution in [3.8, 4) is 0 Å². The number of fused-ring (bicyclic) bond motifs is 2. The fourth-order valence-electron chi connectivity index (χ4n) is 3.32. The minimum absolute atomic E-state index is 0.0137. The van der Waals surface area contributed by atoms with E-state index in [0.29, 0.717) is 16.5 Å². The Labute approximate surface area is 142 Å². The third kappa shape index (κ3) is 2.28. The molecule has 0 N–H and O–H groups in total. The molecule has 0 aliphatic carbocycles. The van der Waals surface area contributed by atoms with E-state index in [1.165, 1.54) is 17.0 Å². The molecule has 25 heavy (non-hydrogen) atoms. The normalized spacial score (nSPS) is 16.3. The van der Waals surface area contributed by atoms with Crippen LogP contribution in [0.3, 0.4) is 0 Å². The highest BCUT2D eigenvalue weighted by molar-refractivity contribution is 5.99. The maximum absolute atomic E-state index is 13.7. The van der Waals surface area contributed by atoms with Gasteiger partial charge in [0.2, 0.25) is 5.76 Å². The first-order valence-electron chi connectivity index (χ1n) is 7.85. The molecule has 0 saturated heterocycles. The monoisotopic (exact) mass is 335 g/mol. The number of halogens is 1. The summed E-state index contributed by atoms with van der Waals surface area (Å²) in [5.74, 6) is -0.811. The molecular formula is C20H14FNO3. The van der Waals surface area contributed by atoms with Gasteiger partial charge in [-0.3, -0.25) is 9.59 Å². The van der Waals surface area contributed by atoms with Gasteiger partial charge in [-0.05, 0) is 29.8 Å². The Morgan fingerprint density at radius 3 is 2.72 bits per heavy atom. The van der Waals surface area contributed by atoms with Gasteiger partial charge in [0, 0.05) is 6.54 Å². The maximum atomic E-state index is 13.7. The van der Waals surface area contributed by atoms with Crippen LogP contribution in [0.2, 0.25) is 0 Å². The van der Waals surface area contributed by atoms with Gasteiger partial charge in [0.15, 0.2) is 5.43 Å². The molecule has 1 aromatic heterocycles. The van der Waals surface area contributed by atoms with Gasteiger partial charge in [0.1, 0.15) is 11.4 Å².